The van der Waals surface area contributed by atoms with Crippen molar-refractivity contribution < 1.29 is 9.78 Å². The Balaban J connectivity index is 1.71. The van der Waals surface area contributed by atoms with Gasteiger partial charge in [-0.15, -0.1) is 11.3 Å². The van der Waals surface area contributed by atoms with Crippen LogP contribution in [0.2, 0.25) is 0 Å². The lowest BCUT2D eigenvalue weighted by atomic mass is 10.1. The number of hydrogen-bond donors (Lipinski definition) is 1. The third-order valence-corrected chi connectivity index (χ3v) is 4.85. The lowest BCUT2D eigenvalue weighted by Crippen LogP contribution is -2.24. The Morgan fingerprint density at radius 2 is 2.04 bits per heavy atom. The van der Waals surface area contributed by atoms with Crippen LogP contribution in [0, 0.1) is 0 Å². The van der Waals surface area contributed by atoms with Crippen molar-refractivity contribution in [3.8, 4) is 10.6 Å². The van der Waals surface area contributed by atoms with Crippen LogP contribution in [0.25, 0.3) is 21.5 Å². The molecule has 0 unspecified atom stereocenters. The van der Waals surface area contributed by atoms with Gasteiger partial charge in [-0.1, -0.05) is 24.3 Å². The highest BCUT2D eigenvalue weighted by Gasteiger charge is 2.14. The average Bonchev–Trinajstić information content (AvgIpc) is 3.21. The molecule has 0 aliphatic heterocycles. The first-order chi connectivity index (χ1) is 12.3. The summed E-state index contributed by atoms with van der Waals surface area (Å²) in [6.07, 6.45) is 3.72. The van der Waals surface area contributed by atoms with E-state index in [-0.39, 0.29) is 5.91 Å². The number of nitrogens with one attached hydrogen (secondary N) is 2. The van der Waals surface area contributed by atoms with Gasteiger partial charge in [-0.25, -0.2) is 9.97 Å². The topological polar surface area (TPSA) is 56.1 Å². The maximum Gasteiger partial charge on any atom is 0.252 e. The number of rotatable bonds is 4. The number of pyridine rings is 2. The first-order valence-corrected chi connectivity index (χ1v) is 8.86. The molecular weight excluding hydrogens is 330 g/mol. The molecule has 2 N–H and O–H groups in total. The number of thiophene rings is 1. The third-order valence-electron chi connectivity index (χ3n) is 3.96. The fourth-order valence-corrected chi connectivity index (χ4v) is 3.42. The summed E-state index contributed by atoms with van der Waals surface area (Å²) in [7, 11) is 0. The van der Waals surface area contributed by atoms with Crippen molar-refractivity contribution in [3.63, 3.8) is 0 Å². The van der Waals surface area contributed by atoms with E-state index < -0.39 is 0 Å². The Morgan fingerprint density at radius 3 is 2.84 bits per heavy atom. The van der Waals surface area contributed by atoms with Crippen LogP contribution >= 0.6 is 11.3 Å². The summed E-state index contributed by atoms with van der Waals surface area (Å²) in [6.45, 7) is 0.473. The van der Waals surface area contributed by atoms with Crippen LogP contribution in [-0.4, -0.2) is 10.9 Å². The first-order valence-electron chi connectivity index (χ1n) is 7.98. The largest absolute Gasteiger partial charge is 0.348 e. The molecule has 4 rings (SSSR count). The molecular formula is C20H16N3OS+. The molecule has 0 aliphatic carbocycles. The molecule has 0 radical (unpaired) electrons. The molecule has 0 fully saturated rings. The number of para-hydroxylation sites is 1. The van der Waals surface area contributed by atoms with Crippen LogP contribution in [-0.2, 0) is 6.54 Å². The summed E-state index contributed by atoms with van der Waals surface area (Å²) in [5.41, 5.74) is 3.32. The van der Waals surface area contributed by atoms with Crippen molar-refractivity contribution in [1.82, 2.24) is 10.3 Å². The van der Waals surface area contributed by atoms with E-state index in [1.807, 2.05) is 72.4 Å². The average molecular weight is 346 g/mol. The Morgan fingerprint density at radius 1 is 1.12 bits per heavy atom. The van der Waals surface area contributed by atoms with Crippen molar-refractivity contribution in [2.45, 2.75) is 6.54 Å². The van der Waals surface area contributed by atoms with Gasteiger partial charge in [0.2, 0.25) is 0 Å². The molecule has 4 aromatic rings. The Hall–Kier alpha value is -3.05. The molecule has 25 heavy (non-hydrogen) atoms. The summed E-state index contributed by atoms with van der Waals surface area (Å²) in [5.74, 6) is -0.0970. The van der Waals surface area contributed by atoms with Crippen molar-refractivity contribution >= 4 is 28.1 Å². The molecule has 0 saturated heterocycles. The van der Waals surface area contributed by atoms with E-state index in [4.69, 9.17) is 4.98 Å². The highest BCUT2D eigenvalue weighted by atomic mass is 32.1. The van der Waals surface area contributed by atoms with Crippen LogP contribution in [0.3, 0.4) is 0 Å². The smallest absolute Gasteiger partial charge is 0.252 e. The van der Waals surface area contributed by atoms with E-state index in [2.05, 4.69) is 10.3 Å². The lowest BCUT2D eigenvalue weighted by molar-refractivity contribution is -0.378. The van der Waals surface area contributed by atoms with Gasteiger partial charge in [0, 0.05) is 23.6 Å². The zero-order valence-electron chi connectivity index (χ0n) is 13.4. The van der Waals surface area contributed by atoms with Crippen LogP contribution in [0.5, 0.6) is 0 Å². The highest BCUT2D eigenvalue weighted by molar-refractivity contribution is 7.13. The molecule has 1 amide bonds. The maximum absolute atomic E-state index is 12.8. The number of hydrogen-bond acceptors (Lipinski definition) is 3. The van der Waals surface area contributed by atoms with Gasteiger partial charge >= 0.3 is 0 Å². The number of fused-ring (bicyclic) bond motifs is 1. The van der Waals surface area contributed by atoms with Crippen molar-refractivity contribution in [3.05, 3.63) is 83.5 Å². The molecule has 0 bridgehead atoms. The number of H-pyrrole nitrogens is 1. The molecule has 0 saturated carbocycles. The van der Waals surface area contributed by atoms with Gasteiger partial charge < -0.3 is 5.32 Å². The normalized spacial score (nSPS) is 10.7. The SMILES string of the molecule is O=C(NCc1ccc[nH+]c1)c1cc(-c2cccs2)nc2ccccc12. The quantitative estimate of drug-likeness (QED) is 0.612. The summed E-state index contributed by atoms with van der Waals surface area (Å²) in [4.78, 5) is 21.6. The number of nitrogens with zero attached hydrogens (tertiary/aromatic N) is 1. The minimum Gasteiger partial charge on any atom is -0.348 e. The van der Waals surface area contributed by atoms with Crippen LogP contribution in [0.1, 0.15) is 15.9 Å². The number of aromatic amines is 1. The minimum absolute atomic E-state index is 0.0970. The van der Waals surface area contributed by atoms with E-state index in [1.165, 1.54) is 0 Å². The van der Waals surface area contributed by atoms with Crippen LogP contribution < -0.4 is 10.3 Å². The molecule has 3 heterocycles. The number of aromatic nitrogens is 2. The fourth-order valence-electron chi connectivity index (χ4n) is 2.73. The summed E-state index contributed by atoms with van der Waals surface area (Å²) >= 11 is 1.62. The molecule has 0 atom stereocenters. The van der Waals surface area contributed by atoms with Crippen molar-refractivity contribution in [1.29, 1.82) is 0 Å². The van der Waals surface area contributed by atoms with Gasteiger partial charge in [-0.2, -0.15) is 0 Å². The standard InChI is InChI=1S/C20H15N3OS/c24-20(22-13-14-5-3-9-21-12-14)16-11-18(19-8-4-10-25-19)23-17-7-2-1-6-15(16)17/h1-12H,13H2,(H,22,24)/p+1. The third kappa shape index (κ3) is 3.27. The number of carbonyl (C=O) groups excluding carboxylic acids is 1. The second-order valence-electron chi connectivity index (χ2n) is 5.64. The van der Waals surface area contributed by atoms with Crippen LogP contribution in [0.15, 0.2) is 72.4 Å². The monoisotopic (exact) mass is 346 g/mol. The van der Waals surface area contributed by atoms with E-state index in [1.54, 1.807) is 11.3 Å². The van der Waals surface area contributed by atoms with E-state index in [0.29, 0.717) is 12.1 Å². The van der Waals surface area contributed by atoms with Gasteiger partial charge in [0.25, 0.3) is 5.91 Å². The van der Waals surface area contributed by atoms with E-state index in [0.717, 1.165) is 27.0 Å². The lowest BCUT2D eigenvalue weighted by Gasteiger charge is -2.09. The molecule has 0 spiro atoms. The second-order valence-corrected chi connectivity index (χ2v) is 6.59. The molecule has 0 aliphatic rings. The molecule has 3 aromatic heterocycles. The van der Waals surface area contributed by atoms with Gasteiger partial charge in [-0.05, 0) is 29.6 Å². The Labute approximate surface area is 149 Å². The predicted octanol–water partition coefficient (Wildman–Crippen LogP) is 3.71. The van der Waals surface area contributed by atoms with Gasteiger partial charge in [-0.3, -0.25) is 4.79 Å². The van der Waals surface area contributed by atoms with Gasteiger partial charge in [0.05, 0.1) is 21.7 Å². The first kappa shape index (κ1) is 15.5. The second kappa shape index (κ2) is 6.83. The predicted molar refractivity (Wildman–Crippen MR) is 99.2 cm³/mol. The minimum atomic E-state index is -0.0970. The maximum atomic E-state index is 12.8. The van der Waals surface area contributed by atoms with Crippen LogP contribution in [0.4, 0.5) is 0 Å². The Bertz CT molecular complexity index is 1010. The van der Waals surface area contributed by atoms with Crippen molar-refractivity contribution in [2.24, 2.45) is 0 Å². The molecule has 1 aromatic carbocycles. The fraction of sp³-hybridized carbons (Fsp3) is 0.0500. The summed E-state index contributed by atoms with van der Waals surface area (Å²) in [5, 5.41) is 5.87. The molecule has 122 valence electrons. The van der Waals surface area contributed by atoms with E-state index >= 15 is 0 Å². The Kier molecular flexibility index (Phi) is 4.23. The molecule has 5 heteroatoms. The zero-order valence-corrected chi connectivity index (χ0v) is 14.2. The molecule has 4 nitrogen and oxygen atoms in total. The zero-order chi connectivity index (χ0) is 17.1. The number of carbonyl (C=O) groups is 1. The van der Waals surface area contributed by atoms with Crippen molar-refractivity contribution in [2.75, 3.05) is 0 Å². The number of benzene rings is 1. The summed E-state index contributed by atoms with van der Waals surface area (Å²) < 4.78 is 0. The highest BCUT2D eigenvalue weighted by Crippen LogP contribution is 2.27. The number of amides is 1. The summed E-state index contributed by atoms with van der Waals surface area (Å²) in [6, 6.07) is 17.5. The van der Waals surface area contributed by atoms with Gasteiger partial charge in [0.15, 0.2) is 12.4 Å². The van der Waals surface area contributed by atoms with Gasteiger partial charge in [0.1, 0.15) is 0 Å². The van der Waals surface area contributed by atoms with E-state index in [9.17, 15) is 4.79 Å².